The highest BCUT2D eigenvalue weighted by Gasteiger charge is 2.16. The number of methoxy groups -OCH3 is 2. The van der Waals surface area contributed by atoms with Crippen LogP contribution in [0.25, 0.3) is 11.4 Å². The number of ether oxygens (including phenoxy) is 2. The topological polar surface area (TPSA) is 86.5 Å². The zero-order chi connectivity index (χ0) is 15.2. The number of amides is 1. The second-order valence-electron chi connectivity index (χ2n) is 3.99. The van der Waals surface area contributed by atoms with E-state index in [1.165, 1.54) is 7.11 Å². The number of nitrogens with one attached hydrogen (secondary N) is 1. The molecule has 7 heteroatoms. The normalized spacial score (nSPS) is 10.0. The first kappa shape index (κ1) is 14.6. The molecule has 0 spiro atoms. The number of hydrogen-bond donors (Lipinski definition) is 1. The summed E-state index contributed by atoms with van der Waals surface area (Å²) in [4.78, 5) is 15.7. The Morgan fingerprint density at radius 3 is 2.81 bits per heavy atom. The second kappa shape index (κ2) is 6.56. The van der Waals surface area contributed by atoms with Crippen LogP contribution in [0, 0.1) is 0 Å². The lowest BCUT2D eigenvalue weighted by Gasteiger charge is -2.07. The zero-order valence-electron chi connectivity index (χ0n) is 11.8. The molecule has 1 aromatic heterocycles. The molecule has 1 amide bonds. The molecule has 1 aromatic carbocycles. The van der Waals surface area contributed by atoms with Crippen LogP contribution in [0.2, 0.25) is 0 Å². The van der Waals surface area contributed by atoms with Crippen LogP contribution in [0.5, 0.6) is 11.5 Å². The average molecular weight is 289 g/mol. The Kier molecular flexibility index (Phi) is 4.55. The number of nitrogens with zero attached hydrogens (tertiary/aromatic N) is 2. The molecule has 0 saturated carbocycles. The van der Waals surface area contributed by atoms with E-state index in [0.29, 0.717) is 29.4 Å². The van der Waals surface area contributed by atoms with Crippen molar-refractivity contribution in [1.82, 2.24) is 15.5 Å². The van der Waals surface area contributed by atoms with Crippen molar-refractivity contribution in [2.24, 2.45) is 0 Å². The van der Waals surface area contributed by atoms with Gasteiger partial charge in [-0.2, -0.15) is 4.98 Å². The molecule has 0 saturated heterocycles. The van der Waals surface area contributed by atoms with Gasteiger partial charge in [0, 0.05) is 12.1 Å². The van der Waals surface area contributed by atoms with E-state index in [1.807, 2.05) is 0 Å². The number of benzene rings is 1. The molecule has 0 atom stereocenters. The van der Waals surface area contributed by atoms with Crippen LogP contribution in [-0.2, 0) is 0 Å². The van der Waals surface area contributed by atoms with Gasteiger partial charge in [0.2, 0.25) is 5.82 Å². The zero-order valence-corrected chi connectivity index (χ0v) is 11.8. The van der Waals surface area contributed by atoms with Crippen LogP contribution in [0.1, 0.15) is 10.7 Å². The fraction of sp³-hybridized carbons (Fsp3) is 0.214. The Labute approximate surface area is 121 Å². The quantitative estimate of drug-likeness (QED) is 0.814. The molecule has 110 valence electrons. The number of carbonyl (C=O) groups excluding carboxylic acids is 1. The van der Waals surface area contributed by atoms with Gasteiger partial charge in [-0.15, -0.1) is 6.58 Å². The van der Waals surface area contributed by atoms with Gasteiger partial charge in [-0.1, -0.05) is 11.2 Å². The lowest BCUT2D eigenvalue weighted by atomic mass is 10.2. The van der Waals surface area contributed by atoms with Gasteiger partial charge in [-0.3, -0.25) is 4.79 Å². The molecule has 0 aliphatic heterocycles. The first-order chi connectivity index (χ1) is 10.2. The van der Waals surface area contributed by atoms with E-state index in [2.05, 4.69) is 22.0 Å². The van der Waals surface area contributed by atoms with E-state index < -0.39 is 5.91 Å². The molecular weight excluding hydrogens is 274 g/mol. The predicted molar refractivity (Wildman–Crippen MR) is 75.4 cm³/mol. The summed E-state index contributed by atoms with van der Waals surface area (Å²) in [5.74, 6) is 0.863. The number of rotatable bonds is 6. The summed E-state index contributed by atoms with van der Waals surface area (Å²) in [6, 6.07) is 5.18. The lowest BCUT2D eigenvalue weighted by molar-refractivity contribution is 0.0914. The Bertz CT molecular complexity index is 651. The van der Waals surface area contributed by atoms with Crippen molar-refractivity contribution >= 4 is 5.91 Å². The van der Waals surface area contributed by atoms with Crippen LogP contribution in [-0.4, -0.2) is 36.8 Å². The van der Waals surface area contributed by atoms with Crippen LogP contribution in [0.4, 0.5) is 0 Å². The molecule has 0 bridgehead atoms. The van der Waals surface area contributed by atoms with Gasteiger partial charge in [0.1, 0.15) is 0 Å². The van der Waals surface area contributed by atoms with Gasteiger partial charge in [-0.05, 0) is 18.2 Å². The van der Waals surface area contributed by atoms with E-state index in [9.17, 15) is 4.79 Å². The maximum absolute atomic E-state index is 11.7. The van der Waals surface area contributed by atoms with E-state index in [1.54, 1.807) is 31.4 Å². The Morgan fingerprint density at radius 2 is 2.14 bits per heavy atom. The van der Waals surface area contributed by atoms with Crippen molar-refractivity contribution in [2.45, 2.75) is 0 Å². The third kappa shape index (κ3) is 3.19. The smallest absolute Gasteiger partial charge is 0.316 e. The fourth-order valence-corrected chi connectivity index (χ4v) is 1.65. The molecule has 1 N–H and O–H groups in total. The third-order valence-electron chi connectivity index (χ3n) is 2.67. The van der Waals surface area contributed by atoms with Gasteiger partial charge in [-0.25, -0.2) is 0 Å². The second-order valence-corrected chi connectivity index (χ2v) is 3.99. The Morgan fingerprint density at radius 1 is 1.38 bits per heavy atom. The van der Waals surface area contributed by atoms with Crippen molar-refractivity contribution in [2.75, 3.05) is 20.8 Å². The van der Waals surface area contributed by atoms with Crippen LogP contribution in [0.3, 0.4) is 0 Å². The van der Waals surface area contributed by atoms with Crippen molar-refractivity contribution in [3.63, 3.8) is 0 Å². The minimum absolute atomic E-state index is 0.110. The van der Waals surface area contributed by atoms with Crippen molar-refractivity contribution in [1.29, 1.82) is 0 Å². The van der Waals surface area contributed by atoms with E-state index in [4.69, 9.17) is 14.0 Å². The van der Waals surface area contributed by atoms with Crippen LogP contribution >= 0.6 is 0 Å². The summed E-state index contributed by atoms with van der Waals surface area (Å²) in [6.07, 6.45) is 1.56. The molecule has 7 nitrogen and oxygen atoms in total. The first-order valence-corrected chi connectivity index (χ1v) is 6.14. The predicted octanol–water partition coefficient (Wildman–Crippen LogP) is 1.67. The Balaban J connectivity index is 2.25. The molecule has 1 heterocycles. The molecule has 0 unspecified atom stereocenters. The van der Waals surface area contributed by atoms with Crippen LogP contribution in [0.15, 0.2) is 35.4 Å². The minimum Gasteiger partial charge on any atom is -0.493 e. The summed E-state index contributed by atoms with van der Waals surface area (Å²) < 4.78 is 15.3. The summed E-state index contributed by atoms with van der Waals surface area (Å²) in [6.45, 7) is 3.83. The van der Waals surface area contributed by atoms with E-state index in [-0.39, 0.29) is 5.89 Å². The Hall–Kier alpha value is -2.83. The lowest BCUT2D eigenvalue weighted by Crippen LogP contribution is -2.23. The number of carbonyl (C=O) groups is 1. The molecule has 2 aromatic rings. The van der Waals surface area contributed by atoms with Gasteiger partial charge in [0.25, 0.3) is 0 Å². The summed E-state index contributed by atoms with van der Waals surface area (Å²) in [5.41, 5.74) is 0.652. The highest BCUT2D eigenvalue weighted by atomic mass is 16.5. The summed E-state index contributed by atoms with van der Waals surface area (Å²) >= 11 is 0. The van der Waals surface area contributed by atoms with Crippen molar-refractivity contribution in [3.8, 4) is 22.9 Å². The standard InChI is InChI=1S/C14H15N3O4/c1-4-7-15-13(18)14-16-12(17-21-14)9-5-6-10(19-2)11(8-9)20-3/h4-6,8H,1,7H2,2-3H3,(H,15,18). The number of aromatic nitrogens is 2. The SMILES string of the molecule is C=CCNC(=O)c1nc(-c2ccc(OC)c(OC)c2)no1. The summed E-state index contributed by atoms with van der Waals surface area (Å²) in [7, 11) is 3.08. The molecule has 0 fully saturated rings. The molecule has 0 radical (unpaired) electrons. The monoisotopic (exact) mass is 289 g/mol. The van der Waals surface area contributed by atoms with Gasteiger partial charge in [0.05, 0.1) is 14.2 Å². The van der Waals surface area contributed by atoms with Gasteiger partial charge in [0.15, 0.2) is 11.5 Å². The third-order valence-corrected chi connectivity index (χ3v) is 2.67. The highest BCUT2D eigenvalue weighted by Crippen LogP contribution is 2.31. The van der Waals surface area contributed by atoms with E-state index >= 15 is 0 Å². The molecule has 21 heavy (non-hydrogen) atoms. The van der Waals surface area contributed by atoms with Gasteiger partial charge >= 0.3 is 11.8 Å². The molecule has 0 aliphatic carbocycles. The largest absolute Gasteiger partial charge is 0.493 e. The minimum atomic E-state index is -0.450. The highest BCUT2D eigenvalue weighted by molar-refractivity contribution is 5.90. The average Bonchev–Trinajstić information content (AvgIpc) is 3.01. The molecular formula is C14H15N3O4. The van der Waals surface area contributed by atoms with E-state index in [0.717, 1.165) is 0 Å². The molecule has 0 aliphatic rings. The molecule has 2 rings (SSSR count). The fourth-order valence-electron chi connectivity index (χ4n) is 1.65. The van der Waals surface area contributed by atoms with Crippen molar-refractivity contribution in [3.05, 3.63) is 36.7 Å². The van der Waals surface area contributed by atoms with Crippen molar-refractivity contribution < 1.29 is 18.8 Å². The van der Waals surface area contributed by atoms with Crippen LogP contribution < -0.4 is 14.8 Å². The number of hydrogen-bond acceptors (Lipinski definition) is 6. The maximum Gasteiger partial charge on any atom is 0.316 e. The maximum atomic E-state index is 11.7. The first-order valence-electron chi connectivity index (χ1n) is 6.14. The summed E-state index contributed by atoms with van der Waals surface area (Å²) in [5, 5.41) is 6.33. The van der Waals surface area contributed by atoms with Gasteiger partial charge < -0.3 is 19.3 Å².